The first-order valence-corrected chi connectivity index (χ1v) is 12.1. The molecule has 4 aromatic rings. The number of amides is 2. The highest BCUT2D eigenvalue weighted by Gasteiger charge is 2.37. The molecule has 4 aromatic carbocycles. The monoisotopic (exact) mass is 475 g/mol. The molecule has 0 spiro atoms. The average Bonchev–Trinajstić information content (AvgIpc) is 3.08. The molecule has 0 N–H and O–H groups in total. The standard InChI is InChI=1S/C32H29NO3/c1-20-6-8-23(9-7-20)32(4,5)24-10-12-26(13-11-24)36-27-14-15-28-29(19-27)31(35)33(30(28)34)25-17-21(2)16-22(3)18-25/h6-19H,1-5H3. The Kier molecular flexibility index (Phi) is 5.76. The van der Waals surface area contributed by atoms with Crippen molar-refractivity contribution in [3.8, 4) is 11.5 Å². The molecule has 0 fully saturated rings. The third kappa shape index (κ3) is 4.20. The number of aryl methyl sites for hydroxylation is 3. The van der Waals surface area contributed by atoms with Crippen molar-refractivity contribution in [2.45, 2.75) is 40.0 Å². The first-order chi connectivity index (χ1) is 17.1. The Morgan fingerprint density at radius 2 is 1.11 bits per heavy atom. The van der Waals surface area contributed by atoms with Crippen molar-refractivity contribution in [1.29, 1.82) is 0 Å². The molecule has 0 aliphatic carbocycles. The Balaban J connectivity index is 1.37. The second-order valence-electron chi connectivity index (χ2n) is 10.1. The minimum atomic E-state index is -0.333. The predicted molar refractivity (Wildman–Crippen MR) is 143 cm³/mol. The number of carbonyl (C=O) groups excluding carboxylic acids is 2. The third-order valence-electron chi connectivity index (χ3n) is 6.91. The summed E-state index contributed by atoms with van der Waals surface area (Å²) in [6.07, 6.45) is 0. The Labute approximate surface area is 212 Å². The molecule has 0 saturated carbocycles. The minimum Gasteiger partial charge on any atom is -0.457 e. The van der Waals surface area contributed by atoms with Crippen molar-refractivity contribution >= 4 is 17.5 Å². The van der Waals surface area contributed by atoms with E-state index >= 15 is 0 Å². The van der Waals surface area contributed by atoms with Crippen LogP contribution in [0.5, 0.6) is 11.5 Å². The summed E-state index contributed by atoms with van der Waals surface area (Å²) < 4.78 is 6.07. The Bertz CT molecular complexity index is 1460. The van der Waals surface area contributed by atoms with Gasteiger partial charge in [0.25, 0.3) is 11.8 Å². The topological polar surface area (TPSA) is 46.6 Å². The summed E-state index contributed by atoms with van der Waals surface area (Å²) in [5.41, 5.74) is 6.85. The molecular weight excluding hydrogens is 446 g/mol. The third-order valence-corrected chi connectivity index (χ3v) is 6.91. The van der Waals surface area contributed by atoms with Crippen molar-refractivity contribution in [2.24, 2.45) is 0 Å². The number of hydrogen-bond acceptors (Lipinski definition) is 3. The van der Waals surface area contributed by atoms with Gasteiger partial charge in [-0.3, -0.25) is 9.59 Å². The molecule has 0 saturated heterocycles. The fourth-order valence-corrected chi connectivity index (χ4v) is 4.81. The highest BCUT2D eigenvalue weighted by Crippen LogP contribution is 2.35. The van der Waals surface area contributed by atoms with Gasteiger partial charge in [0.1, 0.15) is 11.5 Å². The molecule has 5 rings (SSSR count). The van der Waals surface area contributed by atoms with Gasteiger partial charge in [0, 0.05) is 5.41 Å². The van der Waals surface area contributed by atoms with Crippen LogP contribution in [0.2, 0.25) is 0 Å². The molecule has 0 bridgehead atoms. The zero-order chi connectivity index (χ0) is 25.6. The SMILES string of the molecule is Cc1ccc(C(C)(C)c2ccc(Oc3ccc4c(c3)C(=O)N(c3cc(C)cc(C)c3)C4=O)cc2)cc1. The maximum Gasteiger partial charge on any atom is 0.266 e. The van der Waals surface area contributed by atoms with Crippen LogP contribution in [0.15, 0.2) is 84.9 Å². The first-order valence-electron chi connectivity index (χ1n) is 12.1. The van der Waals surface area contributed by atoms with Gasteiger partial charge < -0.3 is 4.74 Å². The van der Waals surface area contributed by atoms with E-state index in [9.17, 15) is 9.59 Å². The van der Waals surface area contributed by atoms with Gasteiger partial charge in [-0.25, -0.2) is 4.90 Å². The second kappa shape index (κ2) is 8.80. The summed E-state index contributed by atoms with van der Waals surface area (Å²) in [6.45, 7) is 10.4. The number of ether oxygens (including phenoxy) is 1. The van der Waals surface area contributed by atoms with Crippen LogP contribution in [0.1, 0.15) is 62.4 Å². The molecular formula is C32H29NO3. The molecule has 0 unspecified atom stereocenters. The average molecular weight is 476 g/mol. The predicted octanol–water partition coefficient (Wildman–Crippen LogP) is 7.53. The number of hydrogen-bond donors (Lipinski definition) is 0. The summed E-state index contributed by atoms with van der Waals surface area (Å²) in [7, 11) is 0. The highest BCUT2D eigenvalue weighted by atomic mass is 16.5. The lowest BCUT2D eigenvalue weighted by Crippen LogP contribution is -2.29. The Morgan fingerprint density at radius 3 is 1.72 bits per heavy atom. The Hall–Kier alpha value is -4.18. The number of benzene rings is 4. The minimum absolute atomic E-state index is 0.149. The highest BCUT2D eigenvalue weighted by molar-refractivity contribution is 6.34. The van der Waals surface area contributed by atoms with Crippen molar-refractivity contribution < 1.29 is 14.3 Å². The number of imide groups is 1. The van der Waals surface area contributed by atoms with E-state index in [0.29, 0.717) is 28.3 Å². The van der Waals surface area contributed by atoms with Crippen LogP contribution in [0.3, 0.4) is 0 Å². The van der Waals surface area contributed by atoms with E-state index in [1.54, 1.807) is 18.2 Å². The van der Waals surface area contributed by atoms with Gasteiger partial charge in [0.05, 0.1) is 16.8 Å². The van der Waals surface area contributed by atoms with Gasteiger partial charge in [-0.15, -0.1) is 0 Å². The lowest BCUT2D eigenvalue weighted by molar-refractivity contribution is 0.0926. The first kappa shape index (κ1) is 23.6. The van der Waals surface area contributed by atoms with Crippen LogP contribution in [-0.2, 0) is 5.41 Å². The molecule has 0 radical (unpaired) electrons. The van der Waals surface area contributed by atoms with Crippen LogP contribution in [0.25, 0.3) is 0 Å². The van der Waals surface area contributed by atoms with Gasteiger partial charge in [-0.05, 0) is 85.5 Å². The van der Waals surface area contributed by atoms with Crippen molar-refractivity contribution in [2.75, 3.05) is 4.90 Å². The molecule has 1 aliphatic rings. The smallest absolute Gasteiger partial charge is 0.266 e. The van der Waals surface area contributed by atoms with Crippen LogP contribution in [0, 0.1) is 20.8 Å². The van der Waals surface area contributed by atoms with Gasteiger partial charge in [0.15, 0.2) is 0 Å². The summed E-state index contributed by atoms with van der Waals surface area (Å²) in [5, 5.41) is 0. The van der Waals surface area contributed by atoms with E-state index < -0.39 is 0 Å². The maximum atomic E-state index is 13.2. The van der Waals surface area contributed by atoms with Crippen molar-refractivity contribution in [1.82, 2.24) is 0 Å². The molecule has 1 heterocycles. The number of carbonyl (C=O) groups is 2. The summed E-state index contributed by atoms with van der Waals surface area (Å²) in [6, 6.07) is 27.4. The summed E-state index contributed by atoms with van der Waals surface area (Å²) >= 11 is 0. The van der Waals surface area contributed by atoms with Crippen LogP contribution >= 0.6 is 0 Å². The molecule has 1 aliphatic heterocycles. The molecule has 0 atom stereocenters. The quantitative estimate of drug-likeness (QED) is 0.280. The fraction of sp³-hybridized carbons (Fsp3) is 0.188. The van der Waals surface area contributed by atoms with Crippen molar-refractivity contribution in [3.63, 3.8) is 0 Å². The molecule has 180 valence electrons. The van der Waals surface area contributed by atoms with Crippen LogP contribution in [0.4, 0.5) is 5.69 Å². The largest absolute Gasteiger partial charge is 0.457 e. The van der Waals surface area contributed by atoms with E-state index in [4.69, 9.17) is 4.74 Å². The molecule has 2 amide bonds. The van der Waals surface area contributed by atoms with Gasteiger partial charge in [-0.2, -0.15) is 0 Å². The van der Waals surface area contributed by atoms with Gasteiger partial charge in [-0.1, -0.05) is 61.9 Å². The Morgan fingerprint density at radius 1 is 0.583 bits per heavy atom. The number of fused-ring (bicyclic) bond motifs is 1. The molecule has 36 heavy (non-hydrogen) atoms. The van der Waals surface area contributed by atoms with E-state index in [1.165, 1.54) is 21.6 Å². The van der Waals surface area contributed by atoms with Crippen LogP contribution in [-0.4, -0.2) is 11.8 Å². The number of anilines is 1. The van der Waals surface area contributed by atoms with Crippen LogP contribution < -0.4 is 9.64 Å². The van der Waals surface area contributed by atoms with E-state index in [0.717, 1.165) is 11.1 Å². The molecule has 4 nitrogen and oxygen atoms in total. The summed E-state index contributed by atoms with van der Waals surface area (Å²) in [4.78, 5) is 27.5. The number of nitrogens with zero attached hydrogens (tertiary/aromatic N) is 1. The van der Waals surface area contributed by atoms with Gasteiger partial charge in [0.2, 0.25) is 0 Å². The van der Waals surface area contributed by atoms with E-state index in [2.05, 4.69) is 57.2 Å². The molecule has 0 aromatic heterocycles. The maximum absolute atomic E-state index is 13.2. The fourth-order valence-electron chi connectivity index (χ4n) is 4.81. The normalized spacial score (nSPS) is 13.2. The molecule has 4 heteroatoms. The lowest BCUT2D eigenvalue weighted by atomic mass is 9.78. The lowest BCUT2D eigenvalue weighted by Gasteiger charge is -2.26. The zero-order valence-electron chi connectivity index (χ0n) is 21.3. The van der Waals surface area contributed by atoms with Crippen molar-refractivity contribution in [3.05, 3.63) is 124 Å². The van der Waals surface area contributed by atoms with E-state index in [-0.39, 0.29) is 17.2 Å². The summed E-state index contributed by atoms with van der Waals surface area (Å²) in [5.74, 6) is 0.541. The zero-order valence-corrected chi connectivity index (χ0v) is 21.3. The van der Waals surface area contributed by atoms with E-state index in [1.807, 2.05) is 44.2 Å². The second-order valence-corrected chi connectivity index (χ2v) is 10.1. The number of rotatable bonds is 5. The van der Waals surface area contributed by atoms with Gasteiger partial charge >= 0.3 is 0 Å².